The third-order valence-electron chi connectivity index (χ3n) is 6.29. The van der Waals surface area contributed by atoms with Crippen molar-refractivity contribution in [2.24, 2.45) is 0 Å². The van der Waals surface area contributed by atoms with Crippen molar-refractivity contribution in [3.05, 3.63) is 69.8 Å². The Kier molecular flexibility index (Phi) is 6.41. The highest BCUT2D eigenvalue weighted by molar-refractivity contribution is 5.95. The van der Waals surface area contributed by atoms with E-state index in [0.717, 1.165) is 18.5 Å². The Morgan fingerprint density at radius 1 is 1.09 bits per heavy atom. The average Bonchev–Trinajstić information content (AvgIpc) is 3.51. The van der Waals surface area contributed by atoms with Crippen molar-refractivity contribution in [1.82, 2.24) is 24.3 Å². The van der Waals surface area contributed by atoms with Crippen molar-refractivity contribution >= 4 is 11.7 Å². The van der Waals surface area contributed by atoms with Crippen LogP contribution in [-0.2, 0) is 13.1 Å². The molecule has 1 fully saturated rings. The van der Waals surface area contributed by atoms with Gasteiger partial charge in [0, 0.05) is 49.8 Å². The molecular weight excluding hydrogens is 455 g/mol. The summed E-state index contributed by atoms with van der Waals surface area (Å²) in [6.45, 7) is 3.96. The van der Waals surface area contributed by atoms with Gasteiger partial charge in [-0.15, -0.1) is 0 Å². The molecule has 4 heterocycles. The molecule has 0 atom stereocenters. The van der Waals surface area contributed by atoms with Crippen LogP contribution in [0.1, 0.15) is 28.9 Å². The van der Waals surface area contributed by atoms with E-state index in [1.165, 1.54) is 18.3 Å². The highest BCUT2D eigenvalue weighted by Crippen LogP contribution is 2.24. The summed E-state index contributed by atoms with van der Waals surface area (Å²) in [5.41, 5.74) is 2.12. The fraction of sp³-hybridized carbons (Fsp3) is 0.375. The first-order chi connectivity index (χ1) is 17.0. The number of hydrogen-bond donors (Lipinski definition) is 0. The minimum atomic E-state index is -0.544. The molecule has 0 aliphatic carbocycles. The maximum atomic E-state index is 14.8. The standard InChI is InChI=1S/C24H25FN6O4/c25-20-14-17(6-7-19(20)23(32)29-8-1-2-9-29)21-5-3-4-18(26-21)15-28-10-11-30-16-22(31(33)34)27-24(30)35-13-12-28/h3-7,14,16H,1-2,8-13,15H2. The van der Waals surface area contributed by atoms with Crippen LogP contribution in [0.25, 0.3) is 11.3 Å². The molecule has 0 unspecified atom stereocenters. The zero-order valence-electron chi connectivity index (χ0n) is 19.1. The SMILES string of the molecule is O=C(c1ccc(-c2cccc(CN3CCOc4nc([N+](=O)[O-])cn4CC3)n2)cc1F)N1CCCC1. The number of rotatable bonds is 5. The number of hydrogen-bond acceptors (Lipinski definition) is 7. The Hall–Kier alpha value is -3.86. The highest BCUT2D eigenvalue weighted by atomic mass is 19.1. The summed E-state index contributed by atoms with van der Waals surface area (Å²) in [6.07, 6.45) is 3.29. The Balaban J connectivity index is 1.28. The van der Waals surface area contributed by atoms with Crippen LogP contribution in [0.5, 0.6) is 6.01 Å². The molecule has 3 aromatic rings. The molecule has 2 aliphatic rings. The average molecular weight is 481 g/mol. The summed E-state index contributed by atoms with van der Waals surface area (Å²) < 4.78 is 22.1. The summed E-state index contributed by atoms with van der Waals surface area (Å²) in [7, 11) is 0. The Labute approximate surface area is 201 Å². The smallest absolute Gasteiger partial charge is 0.414 e. The number of nitrogens with zero attached hydrogens (tertiary/aromatic N) is 6. The lowest BCUT2D eigenvalue weighted by Crippen LogP contribution is -2.33. The Morgan fingerprint density at radius 3 is 2.69 bits per heavy atom. The molecule has 11 heteroatoms. The van der Waals surface area contributed by atoms with Crippen molar-refractivity contribution in [1.29, 1.82) is 0 Å². The van der Waals surface area contributed by atoms with Crippen LogP contribution < -0.4 is 4.74 Å². The van der Waals surface area contributed by atoms with Crippen LogP contribution in [0, 0.1) is 15.9 Å². The molecule has 2 aromatic heterocycles. The highest BCUT2D eigenvalue weighted by Gasteiger charge is 2.24. The number of likely N-dealkylation sites (tertiary alicyclic amines) is 1. The van der Waals surface area contributed by atoms with E-state index in [1.807, 2.05) is 18.2 Å². The molecule has 0 N–H and O–H groups in total. The van der Waals surface area contributed by atoms with Gasteiger partial charge in [0.2, 0.25) is 0 Å². The van der Waals surface area contributed by atoms with E-state index in [4.69, 9.17) is 9.72 Å². The number of imidazole rings is 1. The number of carbonyl (C=O) groups excluding carboxylic acids is 1. The van der Waals surface area contributed by atoms with Gasteiger partial charge in [0.1, 0.15) is 18.6 Å². The molecule has 2 aliphatic heterocycles. The number of pyridine rings is 1. The molecule has 182 valence electrons. The molecule has 1 amide bonds. The van der Waals surface area contributed by atoms with E-state index in [9.17, 15) is 19.3 Å². The van der Waals surface area contributed by atoms with E-state index >= 15 is 0 Å². The number of nitro groups is 1. The minimum Gasteiger partial charge on any atom is -0.444 e. The number of carbonyl (C=O) groups is 1. The monoisotopic (exact) mass is 480 g/mol. The van der Waals surface area contributed by atoms with Crippen LogP contribution in [0.2, 0.25) is 0 Å². The van der Waals surface area contributed by atoms with E-state index in [2.05, 4.69) is 9.88 Å². The molecule has 0 radical (unpaired) electrons. The van der Waals surface area contributed by atoms with Gasteiger partial charge in [0.05, 0.1) is 17.0 Å². The van der Waals surface area contributed by atoms with E-state index in [0.29, 0.717) is 57.1 Å². The maximum absolute atomic E-state index is 14.8. The van der Waals surface area contributed by atoms with Gasteiger partial charge >= 0.3 is 11.8 Å². The molecule has 5 rings (SSSR count). The second kappa shape index (κ2) is 9.79. The zero-order valence-corrected chi connectivity index (χ0v) is 19.1. The Morgan fingerprint density at radius 2 is 1.91 bits per heavy atom. The number of halogens is 1. The van der Waals surface area contributed by atoms with Crippen molar-refractivity contribution in [3.63, 3.8) is 0 Å². The predicted molar refractivity (Wildman–Crippen MR) is 124 cm³/mol. The van der Waals surface area contributed by atoms with Crippen LogP contribution in [0.3, 0.4) is 0 Å². The molecular formula is C24H25FN6O4. The van der Waals surface area contributed by atoms with Gasteiger partial charge in [-0.2, -0.15) is 0 Å². The number of fused-ring (bicyclic) bond motifs is 1. The number of aromatic nitrogens is 3. The van der Waals surface area contributed by atoms with Gasteiger partial charge in [-0.1, -0.05) is 12.1 Å². The van der Waals surface area contributed by atoms with Gasteiger partial charge < -0.3 is 19.8 Å². The number of ether oxygens (including phenoxy) is 1. The predicted octanol–water partition coefficient (Wildman–Crippen LogP) is 3.12. The first-order valence-electron chi connectivity index (χ1n) is 11.6. The van der Waals surface area contributed by atoms with E-state index < -0.39 is 10.7 Å². The second-order valence-electron chi connectivity index (χ2n) is 8.66. The number of benzene rings is 1. The summed E-state index contributed by atoms with van der Waals surface area (Å²) in [5.74, 6) is -1.04. The lowest BCUT2D eigenvalue weighted by molar-refractivity contribution is -0.389. The molecule has 0 saturated carbocycles. The lowest BCUT2D eigenvalue weighted by atomic mass is 10.1. The van der Waals surface area contributed by atoms with Crippen LogP contribution >= 0.6 is 0 Å². The first kappa shape index (κ1) is 22.9. The van der Waals surface area contributed by atoms with Crippen molar-refractivity contribution < 1.29 is 18.8 Å². The lowest BCUT2D eigenvalue weighted by Gasteiger charge is -2.24. The molecule has 1 aromatic carbocycles. The fourth-order valence-electron chi connectivity index (χ4n) is 4.43. The summed E-state index contributed by atoms with van der Waals surface area (Å²) in [4.78, 5) is 35.5. The third kappa shape index (κ3) is 4.99. The molecule has 10 nitrogen and oxygen atoms in total. The number of amides is 1. The van der Waals surface area contributed by atoms with Gasteiger partial charge in [-0.25, -0.2) is 4.39 Å². The largest absolute Gasteiger partial charge is 0.444 e. The van der Waals surface area contributed by atoms with Gasteiger partial charge in [-0.3, -0.25) is 19.2 Å². The normalized spacial score (nSPS) is 16.3. The van der Waals surface area contributed by atoms with Crippen LogP contribution in [0.15, 0.2) is 42.6 Å². The van der Waals surface area contributed by atoms with Gasteiger partial charge in [0.15, 0.2) is 0 Å². The third-order valence-corrected chi connectivity index (χ3v) is 6.29. The summed E-state index contributed by atoms with van der Waals surface area (Å²) >= 11 is 0. The summed E-state index contributed by atoms with van der Waals surface area (Å²) in [5, 5.41) is 11.0. The van der Waals surface area contributed by atoms with Gasteiger partial charge in [-0.05, 0) is 42.0 Å². The van der Waals surface area contributed by atoms with Crippen LogP contribution in [-0.4, -0.2) is 68.0 Å². The van der Waals surface area contributed by atoms with E-state index in [-0.39, 0.29) is 23.3 Å². The fourth-order valence-corrected chi connectivity index (χ4v) is 4.43. The molecule has 0 spiro atoms. The van der Waals surface area contributed by atoms with Crippen molar-refractivity contribution in [2.75, 3.05) is 32.8 Å². The summed E-state index contributed by atoms with van der Waals surface area (Å²) in [6, 6.07) is 10.5. The molecule has 35 heavy (non-hydrogen) atoms. The zero-order chi connectivity index (χ0) is 24.4. The molecule has 1 saturated heterocycles. The second-order valence-corrected chi connectivity index (χ2v) is 8.66. The van der Waals surface area contributed by atoms with Crippen LogP contribution in [0.4, 0.5) is 10.2 Å². The Bertz CT molecular complexity index is 1260. The first-order valence-corrected chi connectivity index (χ1v) is 11.6. The van der Waals surface area contributed by atoms with Crippen molar-refractivity contribution in [2.45, 2.75) is 25.9 Å². The maximum Gasteiger partial charge on any atom is 0.414 e. The topological polar surface area (TPSA) is 107 Å². The van der Waals surface area contributed by atoms with E-state index in [1.54, 1.807) is 15.5 Å². The quantitative estimate of drug-likeness (QED) is 0.408. The van der Waals surface area contributed by atoms with Gasteiger partial charge in [0.25, 0.3) is 5.91 Å². The minimum absolute atomic E-state index is 0.0894. The van der Waals surface area contributed by atoms with Crippen molar-refractivity contribution in [3.8, 4) is 17.3 Å². The molecule has 0 bridgehead atoms.